The summed E-state index contributed by atoms with van der Waals surface area (Å²) in [5.74, 6) is 0.748. The van der Waals surface area contributed by atoms with Crippen LogP contribution in [0.4, 0.5) is 0 Å². The summed E-state index contributed by atoms with van der Waals surface area (Å²) < 4.78 is 0. The van der Waals surface area contributed by atoms with Gasteiger partial charge in [0.15, 0.2) is 0 Å². The molecule has 1 rings (SSSR count). The Morgan fingerprint density at radius 3 is 2.50 bits per heavy atom. The molecule has 0 atom stereocenters. The summed E-state index contributed by atoms with van der Waals surface area (Å²) in [5.41, 5.74) is 1.23. The van der Waals surface area contributed by atoms with Crippen LogP contribution >= 0.6 is 0 Å². The molecule has 1 aliphatic rings. The monoisotopic (exact) mass is 167 g/mol. The van der Waals surface area contributed by atoms with Gasteiger partial charge in [0.2, 0.25) is 5.91 Å². The first-order valence-corrected chi connectivity index (χ1v) is 4.58. The van der Waals surface area contributed by atoms with Gasteiger partial charge in [-0.15, -0.1) is 0 Å². The molecule has 1 aliphatic carbocycles. The van der Waals surface area contributed by atoms with E-state index in [-0.39, 0.29) is 11.9 Å². The molecule has 1 saturated carbocycles. The van der Waals surface area contributed by atoms with E-state index in [2.05, 4.69) is 5.32 Å². The predicted octanol–water partition coefficient (Wildman–Crippen LogP) is 1.87. The molecule has 0 aliphatic heterocycles. The molecule has 0 unspecified atom stereocenters. The van der Waals surface area contributed by atoms with Crippen molar-refractivity contribution < 1.29 is 4.79 Å². The van der Waals surface area contributed by atoms with Gasteiger partial charge in [0.05, 0.1) is 0 Å². The third-order valence-electron chi connectivity index (χ3n) is 2.01. The van der Waals surface area contributed by atoms with Gasteiger partial charge in [0.1, 0.15) is 0 Å². The molecule has 12 heavy (non-hydrogen) atoms. The quantitative estimate of drug-likeness (QED) is 0.639. The number of hydrogen-bond donors (Lipinski definition) is 1. The Morgan fingerprint density at radius 2 is 2.08 bits per heavy atom. The van der Waals surface area contributed by atoms with E-state index < -0.39 is 0 Å². The number of allylic oxidation sites excluding steroid dienone is 1. The second kappa shape index (κ2) is 3.74. The van der Waals surface area contributed by atoms with Gasteiger partial charge >= 0.3 is 0 Å². The fraction of sp³-hybridized carbons (Fsp3) is 0.700. The summed E-state index contributed by atoms with van der Waals surface area (Å²) in [6, 6.07) is 0.237. The second-order valence-corrected chi connectivity index (χ2v) is 3.83. The second-order valence-electron chi connectivity index (χ2n) is 3.83. The first-order valence-electron chi connectivity index (χ1n) is 4.58. The minimum absolute atomic E-state index is 0.0504. The van der Waals surface area contributed by atoms with Crippen LogP contribution in [0.5, 0.6) is 0 Å². The molecule has 68 valence electrons. The molecular weight excluding hydrogens is 150 g/mol. The summed E-state index contributed by atoms with van der Waals surface area (Å²) >= 11 is 0. The molecule has 1 N–H and O–H groups in total. The predicted molar refractivity (Wildman–Crippen MR) is 49.8 cm³/mol. The van der Waals surface area contributed by atoms with E-state index in [1.165, 1.54) is 18.4 Å². The van der Waals surface area contributed by atoms with Crippen LogP contribution in [-0.4, -0.2) is 11.9 Å². The van der Waals surface area contributed by atoms with Crippen molar-refractivity contribution in [3.63, 3.8) is 0 Å². The van der Waals surface area contributed by atoms with Gasteiger partial charge in [-0.3, -0.25) is 4.79 Å². The van der Waals surface area contributed by atoms with Crippen molar-refractivity contribution in [2.45, 2.75) is 39.7 Å². The van der Waals surface area contributed by atoms with Gasteiger partial charge in [0, 0.05) is 12.1 Å². The maximum atomic E-state index is 11.2. The Bertz CT molecular complexity index is 202. The van der Waals surface area contributed by atoms with Crippen LogP contribution in [0, 0.1) is 5.92 Å². The van der Waals surface area contributed by atoms with E-state index in [9.17, 15) is 4.79 Å². The number of amides is 1. The third kappa shape index (κ3) is 3.07. The Hall–Kier alpha value is -0.790. The fourth-order valence-electron chi connectivity index (χ4n) is 1.19. The zero-order chi connectivity index (χ0) is 9.14. The Balaban J connectivity index is 2.37. The van der Waals surface area contributed by atoms with Crippen LogP contribution in [0.15, 0.2) is 11.6 Å². The lowest BCUT2D eigenvalue weighted by atomic mass is 10.2. The summed E-state index contributed by atoms with van der Waals surface area (Å²) in [6.45, 7) is 5.98. The molecule has 0 bridgehead atoms. The highest BCUT2D eigenvalue weighted by atomic mass is 16.1. The van der Waals surface area contributed by atoms with Crippen molar-refractivity contribution in [3.05, 3.63) is 11.6 Å². The summed E-state index contributed by atoms with van der Waals surface area (Å²) in [6.07, 6.45) is 4.26. The number of carbonyl (C=O) groups is 1. The zero-order valence-electron chi connectivity index (χ0n) is 8.05. The summed E-state index contributed by atoms with van der Waals surface area (Å²) in [7, 11) is 0. The highest BCUT2D eigenvalue weighted by molar-refractivity contribution is 5.88. The third-order valence-corrected chi connectivity index (χ3v) is 2.01. The molecule has 0 aromatic heterocycles. The first-order chi connectivity index (χ1) is 5.59. The molecule has 0 spiro atoms. The lowest BCUT2D eigenvalue weighted by Gasteiger charge is -2.05. The lowest BCUT2D eigenvalue weighted by molar-refractivity contribution is -0.117. The van der Waals surface area contributed by atoms with Crippen molar-refractivity contribution in [1.82, 2.24) is 5.32 Å². The SMILES string of the molecule is C/C(=C\C(=O)NC(C)C)C1CC1. The van der Waals surface area contributed by atoms with Crippen LogP contribution < -0.4 is 5.32 Å². The normalized spacial score (nSPS) is 18.2. The van der Waals surface area contributed by atoms with Gasteiger partial charge < -0.3 is 5.32 Å². The molecule has 1 fully saturated rings. The number of rotatable bonds is 3. The molecule has 0 aromatic rings. The number of hydrogen-bond acceptors (Lipinski definition) is 1. The van der Waals surface area contributed by atoms with E-state index in [4.69, 9.17) is 0 Å². The van der Waals surface area contributed by atoms with Crippen LogP contribution in [0.25, 0.3) is 0 Å². The molecule has 1 amide bonds. The molecule has 0 radical (unpaired) electrons. The van der Waals surface area contributed by atoms with Crippen molar-refractivity contribution in [1.29, 1.82) is 0 Å². The standard InChI is InChI=1S/C10H17NO/c1-7(2)11-10(12)6-8(3)9-4-5-9/h6-7,9H,4-5H2,1-3H3,(H,11,12)/b8-6+. The van der Waals surface area contributed by atoms with Crippen LogP contribution in [0.3, 0.4) is 0 Å². The van der Waals surface area contributed by atoms with E-state index >= 15 is 0 Å². The molecule has 0 aromatic carbocycles. The van der Waals surface area contributed by atoms with Gasteiger partial charge in [-0.25, -0.2) is 0 Å². The van der Waals surface area contributed by atoms with Crippen molar-refractivity contribution in [2.24, 2.45) is 5.92 Å². The van der Waals surface area contributed by atoms with Crippen molar-refractivity contribution >= 4 is 5.91 Å². The van der Waals surface area contributed by atoms with Crippen molar-refractivity contribution in [3.8, 4) is 0 Å². The smallest absolute Gasteiger partial charge is 0.244 e. The summed E-state index contributed by atoms with van der Waals surface area (Å²) in [4.78, 5) is 11.2. The lowest BCUT2D eigenvalue weighted by Crippen LogP contribution is -2.28. The average Bonchev–Trinajstić information content (AvgIpc) is 2.63. The molecule has 2 nitrogen and oxygen atoms in total. The van der Waals surface area contributed by atoms with E-state index in [1.807, 2.05) is 20.8 Å². The number of nitrogens with one attached hydrogen (secondary N) is 1. The van der Waals surface area contributed by atoms with Gasteiger partial charge in [-0.05, 0) is 39.5 Å². The van der Waals surface area contributed by atoms with E-state index in [0.29, 0.717) is 5.92 Å². The largest absolute Gasteiger partial charge is 0.350 e. The number of carbonyl (C=O) groups excluding carboxylic acids is 1. The highest BCUT2D eigenvalue weighted by Crippen LogP contribution is 2.35. The maximum absolute atomic E-state index is 11.2. The fourth-order valence-corrected chi connectivity index (χ4v) is 1.19. The van der Waals surface area contributed by atoms with Gasteiger partial charge in [0.25, 0.3) is 0 Å². The maximum Gasteiger partial charge on any atom is 0.244 e. The van der Waals surface area contributed by atoms with Gasteiger partial charge in [-0.1, -0.05) is 5.57 Å². The van der Waals surface area contributed by atoms with Crippen molar-refractivity contribution in [2.75, 3.05) is 0 Å². The Kier molecular flexibility index (Phi) is 2.90. The van der Waals surface area contributed by atoms with Crippen LogP contribution in [-0.2, 0) is 4.79 Å². The molecule has 0 heterocycles. The topological polar surface area (TPSA) is 29.1 Å². The summed E-state index contributed by atoms with van der Waals surface area (Å²) in [5, 5.41) is 2.84. The van der Waals surface area contributed by atoms with Crippen LogP contribution in [0.1, 0.15) is 33.6 Å². The molecule has 2 heteroatoms. The average molecular weight is 167 g/mol. The van der Waals surface area contributed by atoms with E-state index in [1.54, 1.807) is 6.08 Å². The zero-order valence-corrected chi connectivity index (χ0v) is 8.05. The van der Waals surface area contributed by atoms with Gasteiger partial charge in [-0.2, -0.15) is 0 Å². The highest BCUT2D eigenvalue weighted by Gasteiger charge is 2.23. The Morgan fingerprint density at radius 1 is 1.50 bits per heavy atom. The molecular formula is C10H17NO. The Labute approximate surface area is 74.0 Å². The molecule has 0 saturated heterocycles. The van der Waals surface area contributed by atoms with Crippen LogP contribution in [0.2, 0.25) is 0 Å². The first kappa shape index (κ1) is 9.30. The minimum Gasteiger partial charge on any atom is -0.350 e. The van der Waals surface area contributed by atoms with E-state index in [0.717, 1.165) is 0 Å². The minimum atomic E-state index is 0.0504.